The van der Waals surface area contributed by atoms with E-state index in [0.29, 0.717) is 0 Å². The maximum atomic E-state index is 11.4. The predicted octanol–water partition coefficient (Wildman–Crippen LogP) is 0.282. The molecule has 3 N–H and O–H groups in total. The van der Waals surface area contributed by atoms with Gasteiger partial charge in [0.1, 0.15) is 18.3 Å². The van der Waals surface area contributed by atoms with Gasteiger partial charge in [0.2, 0.25) is 5.91 Å². The smallest absolute Gasteiger partial charge is 0.250 e. The highest BCUT2D eigenvalue weighted by Crippen LogP contribution is 2.38. The summed E-state index contributed by atoms with van der Waals surface area (Å²) in [4.78, 5) is 15.6. The Balaban J connectivity index is 2.15. The molecule has 0 aromatic carbocycles. The molecule has 7 heteroatoms. The van der Waals surface area contributed by atoms with E-state index >= 15 is 0 Å². The Morgan fingerprint density at radius 1 is 1.36 bits per heavy atom. The van der Waals surface area contributed by atoms with Crippen molar-refractivity contribution in [1.82, 2.24) is 0 Å². The first-order valence-electron chi connectivity index (χ1n) is 7.16. The highest BCUT2D eigenvalue weighted by Gasteiger charge is 2.54. The molecule has 2 rings (SSSR count). The Kier molecular flexibility index (Phi) is 5.12. The SMILES string of the molecule is C\C=C/C=C(\C=N\[C@@H]1OC(CO)[C@H]2OC(C)(C)OC21)C(N)=O. The number of aliphatic hydroxyl groups is 1. The number of aliphatic hydroxyl groups excluding tert-OH is 1. The van der Waals surface area contributed by atoms with Gasteiger partial charge in [-0.25, -0.2) is 0 Å². The molecule has 0 saturated carbocycles. The summed E-state index contributed by atoms with van der Waals surface area (Å²) in [7, 11) is 0. The van der Waals surface area contributed by atoms with Crippen LogP contribution in [0.2, 0.25) is 0 Å². The summed E-state index contributed by atoms with van der Waals surface area (Å²) in [5, 5.41) is 9.38. The molecule has 2 unspecified atom stereocenters. The van der Waals surface area contributed by atoms with Gasteiger partial charge in [-0.3, -0.25) is 9.79 Å². The third-order valence-corrected chi connectivity index (χ3v) is 3.42. The number of amides is 1. The first kappa shape index (κ1) is 16.8. The van der Waals surface area contributed by atoms with Crippen molar-refractivity contribution in [1.29, 1.82) is 0 Å². The van der Waals surface area contributed by atoms with E-state index < -0.39 is 36.2 Å². The molecule has 0 aliphatic carbocycles. The molecule has 2 aliphatic heterocycles. The lowest BCUT2D eigenvalue weighted by molar-refractivity contribution is -0.189. The van der Waals surface area contributed by atoms with Crippen LogP contribution in [0.1, 0.15) is 20.8 Å². The standard InChI is InChI=1S/C15H22N2O5/c1-4-5-6-9(13(16)19)7-17-14-12-11(10(8-18)20-14)21-15(2,3)22-12/h4-7,10-12,14,18H,8H2,1-3H3,(H2,16,19)/b5-4-,9-6+,17-7+/t10?,11-,12?,14-/m1/s1. The molecule has 22 heavy (non-hydrogen) atoms. The highest BCUT2D eigenvalue weighted by atomic mass is 16.8. The minimum Gasteiger partial charge on any atom is -0.394 e. The average Bonchev–Trinajstić information content (AvgIpc) is 2.92. The lowest BCUT2D eigenvalue weighted by Gasteiger charge is -2.22. The van der Waals surface area contributed by atoms with Crippen LogP contribution in [0.4, 0.5) is 0 Å². The van der Waals surface area contributed by atoms with Crippen LogP contribution in [0.25, 0.3) is 0 Å². The van der Waals surface area contributed by atoms with Crippen LogP contribution < -0.4 is 5.73 Å². The fourth-order valence-electron chi connectivity index (χ4n) is 2.47. The van der Waals surface area contributed by atoms with E-state index in [4.69, 9.17) is 19.9 Å². The maximum absolute atomic E-state index is 11.4. The first-order chi connectivity index (χ1) is 10.4. The summed E-state index contributed by atoms with van der Waals surface area (Å²) in [5.74, 6) is -1.34. The topological polar surface area (TPSA) is 103 Å². The zero-order chi connectivity index (χ0) is 16.3. The number of ether oxygens (including phenoxy) is 3. The predicted molar refractivity (Wildman–Crippen MR) is 80.2 cm³/mol. The van der Waals surface area contributed by atoms with Crippen LogP contribution in [0, 0.1) is 0 Å². The maximum Gasteiger partial charge on any atom is 0.250 e. The van der Waals surface area contributed by atoms with Gasteiger partial charge in [-0.05, 0) is 26.8 Å². The van der Waals surface area contributed by atoms with Gasteiger partial charge in [-0.2, -0.15) is 0 Å². The Morgan fingerprint density at radius 2 is 2.05 bits per heavy atom. The number of primary amides is 1. The van der Waals surface area contributed by atoms with Crippen LogP contribution in [-0.4, -0.2) is 54.2 Å². The molecule has 7 nitrogen and oxygen atoms in total. The second-order valence-electron chi connectivity index (χ2n) is 5.60. The zero-order valence-corrected chi connectivity index (χ0v) is 12.9. The largest absolute Gasteiger partial charge is 0.394 e. The molecule has 2 saturated heterocycles. The van der Waals surface area contributed by atoms with E-state index in [0.717, 1.165) is 0 Å². The Morgan fingerprint density at radius 3 is 2.64 bits per heavy atom. The third-order valence-electron chi connectivity index (χ3n) is 3.42. The molecule has 0 radical (unpaired) electrons. The van der Waals surface area contributed by atoms with Crippen molar-refractivity contribution in [2.75, 3.05) is 6.61 Å². The van der Waals surface area contributed by atoms with Gasteiger partial charge in [-0.1, -0.05) is 12.2 Å². The second-order valence-corrected chi connectivity index (χ2v) is 5.60. The lowest BCUT2D eigenvalue weighted by atomic mass is 10.1. The van der Waals surface area contributed by atoms with Crippen molar-refractivity contribution in [3.05, 3.63) is 23.8 Å². The Hall–Kier alpha value is -1.54. The number of aliphatic imine (C=N–C) groups is 1. The number of nitrogens with zero attached hydrogens (tertiary/aromatic N) is 1. The van der Waals surface area contributed by atoms with Gasteiger partial charge in [0.25, 0.3) is 0 Å². The van der Waals surface area contributed by atoms with E-state index in [1.54, 1.807) is 32.1 Å². The Bertz CT molecular complexity index is 512. The highest BCUT2D eigenvalue weighted by molar-refractivity contribution is 6.11. The fraction of sp³-hybridized carbons (Fsp3) is 0.600. The molecular weight excluding hydrogens is 288 g/mol. The summed E-state index contributed by atoms with van der Waals surface area (Å²) >= 11 is 0. The number of hydrogen-bond acceptors (Lipinski definition) is 6. The molecule has 0 bridgehead atoms. The summed E-state index contributed by atoms with van der Waals surface area (Å²) < 4.78 is 17.1. The van der Waals surface area contributed by atoms with Crippen molar-refractivity contribution in [3.63, 3.8) is 0 Å². The van der Waals surface area contributed by atoms with E-state index in [1.165, 1.54) is 6.21 Å². The minimum atomic E-state index is -0.756. The van der Waals surface area contributed by atoms with Crippen molar-refractivity contribution in [2.24, 2.45) is 10.7 Å². The Labute approximate surface area is 129 Å². The van der Waals surface area contributed by atoms with E-state index in [-0.39, 0.29) is 12.2 Å². The van der Waals surface area contributed by atoms with Crippen LogP contribution in [-0.2, 0) is 19.0 Å². The van der Waals surface area contributed by atoms with E-state index in [2.05, 4.69) is 4.99 Å². The van der Waals surface area contributed by atoms with Crippen molar-refractivity contribution < 1.29 is 24.1 Å². The summed E-state index contributed by atoms with van der Waals surface area (Å²) in [6, 6.07) is 0. The van der Waals surface area contributed by atoms with Gasteiger partial charge in [0.05, 0.1) is 12.2 Å². The first-order valence-corrected chi connectivity index (χ1v) is 7.16. The monoisotopic (exact) mass is 310 g/mol. The molecule has 122 valence electrons. The number of nitrogens with two attached hydrogens (primary N) is 1. The van der Waals surface area contributed by atoms with Gasteiger partial charge >= 0.3 is 0 Å². The molecule has 0 spiro atoms. The number of carbonyl (C=O) groups is 1. The molecule has 2 aliphatic rings. The van der Waals surface area contributed by atoms with E-state index in [1.807, 2.05) is 6.92 Å². The number of fused-ring (bicyclic) bond motifs is 1. The number of carbonyl (C=O) groups excluding carboxylic acids is 1. The number of allylic oxidation sites excluding steroid dienone is 3. The lowest BCUT2D eigenvalue weighted by Crippen LogP contribution is -2.31. The summed E-state index contributed by atoms with van der Waals surface area (Å²) in [6.07, 6.45) is 4.41. The van der Waals surface area contributed by atoms with Crippen molar-refractivity contribution in [3.8, 4) is 0 Å². The third kappa shape index (κ3) is 3.61. The van der Waals surface area contributed by atoms with Gasteiger partial charge in [-0.15, -0.1) is 0 Å². The average molecular weight is 310 g/mol. The van der Waals surface area contributed by atoms with Gasteiger partial charge in [0.15, 0.2) is 12.0 Å². The van der Waals surface area contributed by atoms with Crippen LogP contribution in [0.5, 0.6) is 0 Å². The number of hydrogen-bond donors (Lipinski definition) is 2. The van der Waals surface area contributed by atoms with E-state index in [9.17, 15) is 9.90 Å². The molecule has 0 aromatic heterocycles. The van der Waals surface area contributed by atoms with Crippen molar-refractivity contribution in [2.45, 2.75) is 51.1 Å². The summed E-state index contributed by atoms with van der Waals surface area (Å²) in [5.41, 5.74) is 5.55. The quantitative estimate of drug-likeness (QED) is 0.431. The molecule has 2 heterocycles. The summed E-state index contributed by atoms with van der Waals surface area (Å²) in [6.45, 7) is 5.22. The molecule has 0 aromatic rings. The normalized spacial score (nSPS) is 34.6. The molecule has 1 amide bonds. The second kappa shape index (κ2) is 6.70. The fourth-order valence-corrected chi connectivity index (χ4v) is 2.47. The van der Waals surface area contributed by atoms with Crippen LogP contribution in [0.3, 0.4) is 0 Å². The molecule has 4 atom stereocenters. The molecule has 2 fully saturated rings. The zero-order valence-electron chi connectivity index (χ0n) is 12.9. The van der Waals surface area contributed by atoms with Crippen LogP contribution >= 0.6 is 0 Å². The van der Waals surface area contributed by atoms with Crippen LogP contribution in [0.15, 0.2) is 28.8 Å². The minimum absolute atomic E-state index is 0.191. The van der Waals surface area contributed by atoms with Gasteiger partial charge in [0, 0.05) is 6.21 Å². The van der Waals surface area contributed by atoms with Gasteiger partial charge < -0.3 is 25.1 Å². The molecular formula is C15H22N2O5. The number of rotatable bonds is 5. The van der Waals surface area contributed by atoms with Crippen molar-refractivity contribution >= 4 is 12.1 Å².